The maximum absolute atomic E-state index is 13.2. The van der Waals surface area contributed by atoms with Gasteiger partial charge in [-0.05, 0) is 18.4 Å². The zero-order chi connectivity index (χ0) is 21.3. The van der Waals surface area contributed by atoms with E-state index in [0.717, 1.165) is 35.8 Å². The number of aromatic nitrogens is 2. The van der Waals surface area contributed by atoms with Crippen LogP contribution in [0.5, 0.6) is 0 Å². The minimum atomic E-state index is -0.639. The Hall–Kier alpha value is -2.71. The van der Waals surface area contributed by atoms with Crippen molar-refractivity contribution in [1.82, 2.24) is 14.0 Å². The third kappa shape index (κ3) is 3.85. The van der Waals surface area contributed by atoms with E-state index in [0.29, 0.717) is 13.2 Å². The van der Waals surface area contributed by atoms with Crippen molar-refractivity contribution in [2.24, 2.45) is 7.05 Å². The van der Waals surface area contributed by atoms with Crippen LogP contribution in [0, 0.1) is 0 Å². The molecule has 2 heterocycles. The van der Waals surface area contributed by atoms with Gasteiger partial charge in [-0.1, -0.05) is 43.2 Å². The molecule has 0 bridgehead atoms. The number of nitrogen functional groups attached to an aromatic ring is 1. The fraction of sp³-hybridized carbons (Fsp3) is 0.500. The Morgan fingerprint density at radius 1 is 1.17 bits per heavy atom. The molecule has 2 unspecified atom stereocenters. The van der Waals surface area contributed by atoms with E-state index in [1.807, 2.05) is 30.3 Å². The van der Waals surface area contributed by atoms with Gasteiger partial charge in [0, 0.05) is 19.6 Å². The summed E-state index contributed by atoms with van der Waals surface area (Å²) in [6, 6.07) is 9.54. The number of hydrogen-bond acceptors (Lipinski definition) is 6. The van der Waals surface area contributed by atoms with Gasteiger partial charge in [0.1, 0.15) is 11.4 Å². The summed E-state index contributed by atoms with van der Waals surface area (Å²) in [5.41, 5.74) is 5.81. The molecule has 0 radical (unpaired) electrons. The summed E-state index contributed by atoms with van der Waals surface area (Å²) < 4.78 is 8.14. The van der Waals surface area contributed by atoms with Crippen LogP contribution in [0.2, 0.25) is 0 Å². The maximum Gasteiger partial charge on any atom is 0.332 e. The lowest BCUT2D eigenvalue weighted by atomic mass is 9.90. The number of benzene rings is 1. The van der Waals surface area contributed by atoms with Gasteiger partial charge in [-0.3, -0.25) is 23.6 Å². The van der Waals surface area contributed by atoms with Gasteiger partial charge in [-0.2, -0.15) is 0 Å². The summed E-state index contributed by atoms with van der Waals surface area (Å²) in [7, 11) is 1.38. The van der Waals surface area contributed by atoms with Crippen molar-refractivity contribution < 1.29 is 9.53 Å². The number of nitrogens with zero attached hydrogens (tertiary/aromatic N) is 3. The lowest BCUT2D eigenvalue weighted by Gasteiger charge is -2.43. The highest BCUT2D eigenvalue weighted by atomic mass is 16.5. The monoisotopic (exact) mass is 412 g/mol. The number of anilines is 1. The van der Waals surface area contributed by atoms with Crippen molar-refractivity contribution in [2.75, 3.05) is 25.4 Å². The smallest absolute Gasteiger partial charge is 0.332 e. The van der Waals surface area contributed by atoms with Crippen LogP contribution in [0.1, 0.15) is 41.6 Å². The number of rotatable bonds is 5. The first kappa shape index (κ1) is 20.6. The largest absolute Gasteiger partial charge is 0.384 e. The van der Waals surface area contributed by atoms with E-state index in [2.05, 4.69) is 4.90 Å². The molecule has 1 aromatic heterocycles. The molecule has 1 aliphatic carbocycles. The molecule has 0 spiro atoms. The predicted molar refractivity (Wildman–Crippen MR) is 114 cm³/mol. The van der Waals surface area contributed by atoms with Crippen molar-refractivity contribution in [3.05, 3.63) is 62.3 Å². The van der Waals surface area contributed by atoms with Crippen molar-refractivity contribution in [2.45, 2.75) is 44.4 Å². The second-order valence-corrected chi connectivity index (χ2v) is 8.13. The van der Waals surface area contributed by atoms with Gasteiger partial charge in [0.05, 0.1) is 25.8 Å². The Balaban J connectivity index is 1.65. The molecule has 1 aliphatic heterocycles. The minimum absolute atomic E-state index is 0.0644. The number of nitrogens with two attached hydrogens (primary N) is 1. The lowest BCUT2D eigenvalue weighted by molar-refractivity contribution is -0.0846. The molecular formula is C22H28N4O4. The molecule has 160 valence electrons. The quantitative estimate of drug-likeness (QED) is 0.736. The summed E-state index contributed by atoms with van der Waals surface area (Å²) in [4.78, 5) is 40.8. The Bertz CT molecular complexity index is 1040. The van der Waals surface area contributed by atoms with E-state index >= 15 is 0 Å². The Kier molecular flexibility index (Phi) is 5.87. The second kappa shape index (κ2) is 8.57. The van der Waals surface area contributed by atoms with Gasteiger partial charge in [-0.25, -0.2) is 4.79 Å². The van der Waals surface area contributed by atoms with E-state index in [1.165, 1.54) is 11.6 Å². The number of morpholine rings is 1. The zero-order valence-corrected chi connectivity index (χ0v) is 17.3. The Morgan fingerprint density at radius 2 is 1.90 bits per heavy atom. The number of fused-ring (bicyclic) bond motifs is 1. The van der Waals surface area contributed by atoms with Crippen LogP contribution in [-0.4, -0.2) is 51.7 Å². The lowest BCUT2D eigenvalue weighted by Crippen LogP contribution is -2.54. The van der Waals surface area contributed by atoms with E-state index in [-0.39, 0.29) is 42.4 Å². The molecule has 2 aromatic rings. The minimum Gasteiger partial charge on any atom is -0.384 e. The van der Waals surface area contributed by atoms with Gasteiger partial charge in [0.2, 0.25) is 0 Å². The van der Waals surface area contributed by atoms with Gasteiger partial charge in [0.25, 0.3) is 5.56 Å². The highest BCUT2D eigenvalue weighted by Crippen LogP contribution is 2.28. The summed E-state index contributed by atoms with van der Waals surface area (Å²) in [6.07, 6.45) is 4.38. The first-order valence-electron chi connectivity index (χ1n) is 10.5. The first-order chi connectivity index (χ1) is 14.5. The maximum atomic E-state index is 13.2. The Labute approximate surface area is 174 Å². The van der Waals surface area contributed by atoms with Crippen molar-refractivity contribution in [3.63, 3.8) is 0 Å². The molecule has 1 saturated carbocycles. The van der Waals surface area contributed by atoms with Crippen LogP contribution >= 0.6 is 0 Å². The number of Topliss-reactive ketones (excluding diaryl/α,β-unsaturated/α-hetero) is 1. The number of ether oxygens (including phenoxy) is 1. The highest BCUT2D eigenvalue weighted by Gasteiger charge is 2.36. The summed E-state index contributed by atoms with van der Waals surface area (Å²) in [5, 5.41) is 0. The molecule has 1 saturated heterocycles. The summed E-state index contributed by atoms with van der Waals surface area (Å²) >= 11 is 0. The molecule has 0 amide bonds. The number of hydrogen-bond donors (Lipinski definition) is 1. The zero-order valence-electron chi connectivity index (χ0n) is 17.3. The topological polar surface area (TPSA) is 99.6 Å². The standard InChI is InChI=1S/C22H28N4O4/c1-24-21(28)19(20(23)26(22(24)29)13-15-7-3-2-4-8-15)17(27)14-25-11-12-30-18-10-6-5-9-16(18)25/h2-4,7-8,16,18H,5-6,9-14,23H2,1H3. The number of carbonyl (C=O) groups excluding carboxylic acids is 1. The molecule has 2 fully saturated rings. The van der Waals surface area contributed by atoms with Gasteiger partial charge in [0.15, 0.2) is 5.78 Å². The van der Waals surface area contributed by atoms with Crippen molar-refractivity contribution >= 4 is 11.6 Å². The Morgan fingerprint density at radius 3 is 2.67 bits per heavy atom. The molecule has 1 aromatic carbocycles. The van der Waals surface area contributed by atoms with Crippen LogP contribution in [-0.2, 0) is 18.3 Å². The third-order valence-corrected chi connectivity index (χ3v) is 6.24. The fourth-order valence-electron chi connectivity index (χ4n) is 4.60. The molecule has 4 rings (SSSR count). The van der Waals surface area contributed by atoms with E-state index in [9.17, 15) is 14.4 Å². The molecule has 8 nitrogen and oxygen atoms in total. The van der Waals surface area contributed by atoms with Crippen LogP contribution in [0.15, 0.2) is 39.9 Å². The van der Waals surface area contributed by atoms with Gasteiger partial charge < -0.3 is 10.5 Å². The average Bonchev–Trinajstić information content (AvgIpc) is 2.76. The van der Waals surface area contributed by atoms with E-state index in [1.54, 1.807) is 0 Å². The molecule has 2 atom stereocenters. The normalized spacial score (nSPS) is 21.9. The van der Waals surface area contributed by atoms with Crippen molar-refractivity contribution in [1.29, 1.82) is 0 Å². The molecule has 2 N–H and O–H groups in total. The van der Waals surface area contributed by atoms with Crippen LogP contribution in [0.25, 0.3) is 0 Å². The average molecular weight is 412 g/mol. The highest BCUT2D eigenvalue weighted by molar-refractivity contribution is 6.01. The molecule has 8 heteroatoms. The summed E-state index contributed by atoms with van der Waals surface area (Å²) in [6.45, 7) is 1.53. The molecule has 30 heavy (non-hydrogen) atoms. The van der Waals surface area contributed by atoms with Gasteiger partial charge in [-0.15, -0.1) is 0 Å². The van der Waals surface area contributed by atoms with E-state index < -0.39 is 11.2 Å². The number of carbonyl (C=O) groups is 1. The summed E-state index contributed by atoms with van der Waals surface area (Å²) in [5.74, 6) is -0.411. The third-order valence-electron chi connectivity index (χ3n) is 6.24. The first-order valence-corrected chi connectivity index (χ1v) is 10.5. The molecule has 2 aliphatic rings. The van der Waals surface area contributed by atoms with Crippen LogP contribution < -0.4 is 17.0 Å². The van der Waals surface area contributed by atoms with Crippen molar-refractivity contribution in [3.8, 4) is 0 Å². The van der Waals surface area contributed by atoms with E-state index in [4.69, 9.17) is 10.5 Å². The fourth-order valence-corrected chi connectivity index (χ4v) is 4.60. The van der Waals surface area contributed by atoms with Crippen LogP contribution in [0.3, 0.4) is 0 Å². The predicted octanol–water partition coefficient (Wildman–Crippen LogP) is 1.00. The number of ketones is 1. The SMILES string of the molecule is Cn1c(=O)c(C(=O)CN2CCOC3CCCCC32)c(N)n(Cc2ccccc2)c1=O. The van der Waals surface area contributed by atoms with Gasteiger partial charge >= 0.3 is 5.69 Å². The molecular weight excluding hydrogens is 384 g/mol. The van der Waals surface area contributed by atoms with Crippen LogP contribution in [0.4, 0.5) is 5.82 Å². The second-order valence-electron chi connectivity index (χ2n) is 8.13.